The number of methoxy groups -OCH3 is 4. The number of nitrogens with one attached hydrogen (secondary N) is 1. The van der Waals surface area contributed by atoms with Crippen LogP contribution in [-0.2, 0) is 26.2 Å². The monoisotopic (exact) mass is 675 g/mol. The van der Waals surface area contributed by atoms with E-state index in [4.69, 9.17) is 30.5 Å². The van der Waals surface area contributed by atoms with Crippen LogP contribution in [0, 0.1) is 0 Å². The molecule has 0 radical (unpaired) electrons. The minimum absolute atomic E-state index is 0.0194. The molecule has 250 valence electrons. The average molecular weight is 676 g/mol. The number of carbonyl (C=O) groups excluding carboxylic acids is 2. The molecular formula is C33H42ClN3O8S. The summed E-state index contributed by atoms with van der Waals surface area (Å²) < 4.78 is 51.4. The van der Waals surface area contributed by atoms with Gasteiger partial charge in [-0.05, 0) is 69.2 Å². The largest absolute Gasteiger partial charge is 0.497 e. The van der Waals surface area contributed by atoms with Crippen LogP contribution >= 0.6 is 11.6 Å². The second-order valence-electron chi connectivity index (χ2n) is 11.4. The van der Waals surface area contributed by atoms with E-state index in [0.717, 1.165) is 4.31 Å². The Morgan fingerprint density at radius 2 is 1.46 bits per heavy atom. The number of carbonyl (C=O) groups is 2. The number of ether oxygens (including phenoxy) is 4. The normalized spacial score (nSPS) is 12.1. The molecule has 0 saturated carbocycles. The van der Waals surface area contributed by atoms with E-state index >= 15 is 0 Å². The lowest BCUT2D eigenvalue weighted by molar-refractivity contribution is -0.141. The van der Waals surface area contributed by atoms with Crippen molar-refractivity contribution >= 4 is 39.1 Å². The molecule has 1 unspecified atom stereocenters. The van der Waals surface area contributed by atoms with Gasteiger partial charge in [-0.25, -0.2) is 8.42 Å². The average Bonchev–Trinajstić information content (AvgIpc) is 3.02. The highest BCUT2D eigenvalue weighted by molar-refractivity contribution is 7.92. The van der Waals surface area contributed by atoms with Gasteiger partial charge in [-0.15, -0.1) is 0 Å². The van der Waals surface area contributed by atoms with Gasteiger partial charge in [0.25, 0.3) is 10.0 Å². The maximum Gasteiger partial charge on any atom is 0.265 e. The van der Waals surface area contributed by atoms with E-state index < -0.39 is 34.1 Å². The number of rotatable bonds is 14. The zero-order chi connectivity index (χ0) is 34.2. The first kappa shape index (κ1) is 36.3. The summed E-state index contributed by atoms with van der Waals surface area (Å²) in [7, 11) is 1.20. The summed E-state index contributed by atoms with van der Waals surface area (Å²) in [5, 5.41) is 3.46. The number of anilines is 1. The summed E-state index contributed by atoms with van der Waals surface area (Å²) in [6, 6.07) is 14.7. The quantitative estimate of drug-likeness (QED) is 0.245. The molecule has 3 rings (SSSR count). The topological polar surface area (TPSA) is 124 Å². The van der Waals surface area contributed by atoms with Gasteiger partial charge in [-0.1, -0.05) is 30.7 Å². The van der Waals surface area contributed by atoms with Gasteiger partial charge in [0.1, 0.15) is 24.1 Å². The van der Waals surface area contributed by atoms with Crippen molar-refractivity contribution in [3.8, 4) is 23.0 Å². The summed E-state index contributed by atoms with van der Waals surface area (Å²) in [5.74, 6) is 0.0316. The molecule has 46 heavy (non-hydrogen) atoms. The third-order valence-corrected chi connectivity index (χ3v) is 9.03. The Balaban J connectivity index is 2.20. The Morgan fingerprint density at radius 1 is 0.848 bits per heavy atom. The number of sulfonamides is 1. The van der Waals surface area contributed by atoms with E-state index in [1.165, 1.54) is 57.6 Å². The molecular weight excluding hydrogens is 634 g/mol. The fraction of sp³-hybridized carbons (Fsp3) is 0.394. The molecule has 0 bridgehead atoms. The highest BCUT2D eigenvalue weighted by Gasteiger charge is 2.36. The molecule has 0 spiro atoms. The summed E-state index contributed by atoms with van der Waals surface area (Å²) in [6.07, 6.45) is 0.270. The van der Waals surface area contributed by atoms with Gasteiger partial charge >= 0.3 is 0 Å². The van der Waals surface area contributed by atoms with E-state index in [-0.39, 0.29) is 41.0 Å². The van der Waals surface area contributed by atoms with E-state index in [1.54, 1.807) is 43.3 Å². The van der Waals surface area contributed by atoms with E-state index in [2.05, 4.69) is 5.32 Å². The first-order chi connectivity index (χ1) is 21.7. The lowest BCUT2D eigenvalue weighted by atomic mass is 10.1. The molecule has 2 amide bonds. The molecule has 0 aliphatic rings. The first-order valence-corrected chi connectivity index (χ1v) is 16.3. The molecule has 0 saturated heterocycles. The number of amides is 2. The third kappa shape index (κ3) is 8.76. The van der Waals surface area contributed by atoms with Crippen molar-refractivity contribution in [2.75, 3.05) is 39.3 Å². The lowest BCUT2D eigenvalue weighted by Crippen LogP contribution is -2.55. The molecule has 3 aromatic rings. The van der Waals surface area contributed by atoms with Gasteiger partial charge in [-0.2, -0.15) is 0 Å². The number of benzene rings is 3. The van der Waals surface area contributed by atoms with Crippen molar-refractivity contribution in [2.24, 2.45) is 0 Å². The highest BCUT2D eigenvalue weighted by atomic mass is 35.5. The maximum absolute atomic E-state index is 14.5. The van der Waals surface area contributed by atoms with Crippen LogP contribution in [0.25, 0.3) is 0 Å². The number of hydrogen-bond acceptors (Lipinski definition) is 8. The Bertz CT molecular complexity index is 1620. The van der Waals surface area contributed by atoms with Gasteiger partial charge in [0.15, 0.2) is 11.5 Å². The summed E-state index contributed by atoms with van der Waals surface area (Å²) in [6.45, 7) is 6.66. The number of nitrogens with zero attached hydrogens (tertiary/aromatic N) is 2. The van der Waals surface area contributed by atoms with Crippen LogP contribution in [0.2, 0.25) is 5.02 Å². The number of halogens is 1. The maximum atomic E-state index is 14.5. The molecule has 0 aliphatic carbocycles. The van der Waals surface area contributed by atoms with E-state index in [1.807, 2.05) is 20.8 Å². The van der Waals surface area contributed by atoms with Crippen LogP contribution in [0.3, 0.4) is 0 Å². The van der Waals surface area contributed by atoms with Gasteiger partial charge < -0.3 is 29.2 Å². The van der Waals surface area contributed by atoms with Crippen LogP contribution in [-0.4, -0.2) is 71.7 Å². The molecule has 1 N–H and O–H groups in total. The first-order valence-electron chi connectivity index (χ1n) is 14.5. The van der Waals surface area contributed by atoms with E-state index in [0.29, 0.717) is 22.1 Å². The highest BCUT2D eigenvalue weighted by Crippen LogP contribution is 2.38. The van der Waals surface area contributed by atoms with Crippen LogP contribution in [0.1, 0.15) is 39.7 Å². The second kappa shape index (κ2) is 15.4. The van der Waals surface area contributed by atoms with Crippen molar-refractivity contribution in [3.63, 3.8) is 0 Å². The van der Waals surface area contributed by atoms with Crippen LogP contribution in [0.4, 0.5) is 5.69 Å². The predicted octanol–water partition coefficient (Wildman–Crippen LogP) is 5.29. The summed E-state index contributed by atoms with van der Waals surface area (Å²) >= 11 is 6.11. The summed E-state index contributed by atoms with van der Waals surface area (Å²) in [5.41, 5.74) is 0.188. The zero-order valence-corrected chi connectivity index (χ0v) is 29.0. The smallest absolute Gasteiger partial charge is 0.265 e. The second-order valence-corrected chi connectivity index (χ2v) is 13.7. The van der Waals surface area contributed by atoms with Crippen molar-refractivity contribution in [1.82, 2.24) is 10.2 Å². The summed E-state index contributed by atoms with van der Waals surface area (Å²) in [4.78, 5) is 29.2. The van der Waals surface area contributed by atoms with Gasteiger partial charge in [0.05, 0.1) is 39.0 Å². The van der Waals surface area contributed by atoms with Gasteiger partial charge in [0, 0.05) is 29.2 Å². The number of hydrogen-bond donors (Lipinski definition) is 1. The molecule has 0 aliphatic heterocycles. The molecule has 11 nitrogen and oxygen atoms in total. The fourth-order valence-electron chi connectivity index (χ4n) is 4.77. The van der Waals surface area contributed by atoms with Crippen molar-refractivity contribution in [3.05, 3.63) is 71.2 Å². The SMILES string of the molecule is CCC(C(=O)NC(C)(C)C)N(Cc1ccc(Cl)cc1)C(=O)CN(c1cc(OC)ccc1OC)S(=O)(=O)c1ccc(OC)c(OC)c1. The predicted molar refractivity (Wildman–Crippen MR) is 178 cm³/mol. The van der Waals surface area contributed by atoms with Gasteiger partial charge in [0.2, 0.25) is 11.8 Å². The zero-order valence-electron chi connectivity index (χ0n) is 27.4. The van der Waals surface area contributed by atoms with Crippen molar-refractivity contribution in [2.45, 2.75) is 57.1 Å². The Hall–Kier alpha value is -4.16. The molecule has 0 heterocycles. The molecule has 0 fully saturated rings. The molecule has 13 heteroatoms. The van der Waals surface area contributed by atoms with Gasteiger partial charge in [-0.3, -0.25) is 13.9 Å². The Kier molecular flexibility index (Phi) is 12.2. The van der Waals surface area contributed by atoms with Crippen molar-refractivity contribution in [1.29, 1.82) is 0 Å². The standard InChI is InChI=1S/C33H42ClN3O8S/c1-9-26(32(39)35-33(2,3)4)36(20-22-10-12-23(34)13-11-22)31(38)21-37(27-18-24(42-5)14-16-28(27)43-6)46(40,41)25-15-17-29(44-7)30(19-25)45-8/h10-19,26H,9,20-21H2,1-8H3,(H,35,39). The Labute approximate surface area is 276 Å². The molecule has 3 aromatic carbocycles. The lowest BCUT2D eigenvalue weighted by Gasteiger charge is -2.35. The Morgan fingerprint density at radius 3 is 2.00 bits per heavy atom. The minimum atomic E-state index is -4.46. The van der Waals surface area contributed by atoms with Crippen molar-refractivity contribution < 1.29 is 37.0 Å². The van der Waals surface area contributed by atoms with Crippen LogP contribution < -0.4 is 28.6 Å². The van der Waals surface area contributed by atoms with Crippen LogP contribution in [0.15, 0.2) is 65.6 Å². The third-order valence-electron chi connectivity index (χ3n) is 7.03. The minimum Gasteiger partial charge on any atom is -0.497 e. The van der Waals surface area contributed by atoms with E-state index in [9.17, 15) is 18.0 Å². The fourth-order valence-corrected chi connectivity index (χ4v) is 6.33. The van der Waals surface area contributed by atoms with Crippen LogP contribution in [0.5, 0.6) is 23.0 Å². The molecule has 1 atom stereocenters. The molecule has 0 aromatic heterocycles.